The molecule has 0 aromatic heterocycles. The maximum absolute atomic E-state index is 13.6. The number of aryl methyl sites for hydroxylation is 2. The van der Waals surface area contributed by atoms with E-state index in [0.717, 1.165) is 37.1 Å². The SMILES string of the molecule is Cc1ccc(S(=O)(=O)N=C(CN2CCCC2)N2CCN(S(=O)(=O)c3ccc(C)cc3)C2C(C)C)cc1. The van der Waals surface area contributed by atoms with E-state index in [9.17, 15) is 16.8 Å². The van der Waals surface area contributed by atoms with Gasteiger partial charge in [0.1, 0.15) is 5.84 Å². The largest absolute Gasteiger partial charge is 0.340 e. The molecule has 0 radical (unpaired) electrons. The predicted octanol–water partition coefficient (Wildman–Crippen LogP) is 3.48. The summed E-state index contributed by atoms with van der Waals surface area (Å²) in [7, 11) is -7.73. The molecule has 2 fully saturated rings. The molecule has 36 heavy (non-hydrogen) atoms. The van der Waals surface area contributed by atoms with Crippen molar-refractivity contribution in [2.45, 2.75) is 56.5 Å². The van der Waals surface area contributed by atoms with Crippen LogP contribution in [0.5, 0.6) is 0 Å². The normalized spacial score (nSPS) is 20.5. The van der Waals surface area contributed by atoms with Gasteiger partial charge < -0.3 is 4.90 Å². The summed E-state index contributed by atoms with van der Waals surface area (Å²) in [6.07, 6.45) is 1.57. The highest BCUT2D eigenvalue weighted by molar-refractivity contribution is 7.90. The number of nitrogens with zero attached hydrogens (tertiary/aromatic N) is 4. The molecule has 0 bridgehead atoms. The molecule has 0 spiro atoms. The number of likely N-dealkylation sites (tertiary alicyclic amines) is 1. The molecule has 2 saturated heterocycles. The average Bonchev–Trinajstić information content (AvgIpc) is 3.49. The molecular weight excluding hydrogens is 496 g/mol. The van der Waals surface area contributed by atoms with E-state index in [-0.39, 0.29) is 22.3 Å². The van der Waals surface area contributed by atoms with Gasteiger partial charge in [-0.3, -0.25) is 4.90 Å². The van der Waals surface area contributed by atoms with Crippen LogP contribution in [-0.4, -0.2) is 75.7 Å². The smallest absolute Gasteiger partial charge is 0.283 e. The Morgan fingerprint density at radius 2 is 1.36 bits per heavy atom. The molecular formula is C26H36N4O4S2. The molecule has 0 N–H and O–H groups in total. The first-order valence-electron chi connectivity index (χ1n) is 12.5. The minimum Gasteiger partial charge on any atom is -0.340 e. The van der Waals surface area contributed by atoms with Crippen LogP contribution in [0.25, 0.3) is 0 Å². The van der Waals surface area contributed by atoms with E-state index in [4.69, 9.17) is 0 Å². The molecule has 2 aliphatic heterocycles. The van der Waals surface area contributed by atoms with Crippen molar-refractivity contribution < 1.29 is 16.8 Å². The highest BCUT2D eigenvalue weighted by Crippen LogP contribution is 2.30. The molecule has 4 rings (SSSR count). The third-order valence-corrected chi connectivity index (χ3v) is 10.0. The van der Waals surface area contributed by atoms with Crippen LogP contribution in [0.15, 0.2) is 62.7 Å². The van der Waals surface area contributed by atoms with Crippen LogP contribution >= 0.6 is 0 Å². The second-order valence-corrected chi connectivity index (χ2v) is 13.6. The van der Waals surface area contributed by atoms with E-state index in [0.29, 0.717) is 18.9 Å². The summed E-state index contributed by atoms with van der Waals surface area (Å²) < 4.78 is 59.8. The van der Waals surface area contributed by atoms with E-state index in [2.05, 4.69) is 9.30 Å². The molecule has 2 heterocycles. The van der Waals surface area contributed by atoms with Gasteiger partial charge in [0.2, 0.25) is 10.0 Å². The van der Waals surface area contributed by atoms with Crippen molar-refractivity contribution in [2.24, 2.45) is 10.3 Å². The number of hydrogen-bond acceptors (Lipinski definition) is 5. The Bertz CT molecular complexity index is 1300. The van der Waals surface area contributed by atoms with Crippen molar-refractivity contribution in [1.82, 2.24) is 14.1 Å². The van der Waals surface area contributed by atoms with Crippen LogP contribution in [0.3, 0.4) is 0 Å². The van der Waals surface area contributed by atoms with Crippen molar-refractivity contribution in [1.29, 1.82) is 0 Å². The van der Waals surface area contributed by atoms with Crippen molar-refractivity contribution in [3.05, 3.63) is 59.7 Å². The van der Waals surface area contributed by atoms with Gasteiger partial charge >= 0.3 is 0 Å². The zero-order valence-electron chi connectivity index (χ0n) is 21.5. The lowest BCUT2D eigenvalue weighted by Crippen LogP contribution is -2.50. The number of amidine groups is 1. The fourth-order valence-corrected chi connectivity index (χ4v) is 7.66. The molecule has 2 aromatic carbocycles. The van der Waals surface area contributed by atoms with Crippen LogP contribution in [0.4, 0.5) is 0 Å². The Balaban J connectivity index is 1.73. The monoisotopic (exact) mass is 532 g/mol. The van der Waals surface area contributed by atoms with Gasteiger partial charge in [-0.05, 0) is 70.0 Å². The first-order chi connectivity index (χ1) is 17.0. The Hall–Kier alpha value is -2.27. The van der Waals surface area contributed by atoms with Crippen molar-refractivity contribution in [2.75, 3.05) is 32.7 Å². The maximum Gasteiger partial charge on any atom is 0.283 e. The molecule has 0 aliphatic carbocycles. The molecule has 0 amide bonds. The quantitative estimate of drug-likeness (QED) is 0.401. The van der Waals surface area contributed by atoms with Crippen LogP contribution in [-0.2, 0) is 20.0 Å². The second kappa shape index (κ2) is 10.6. The standard InChI is InChI=1S/C26H36N4O4S2/c1-20(2)26-29(17-18-30(26)36(33,34)24-13-9-22(4)10-14-24)25(19-28-15-5-6-16-28)27-35(31,32)23-11-7-21(3)8-12-23/h7-14,20,26H,5-6,15-19H2,1-4H3. The van der Waals surface area contributed by atoms with Crippen molar-refractivity contribution in [3.63, 3.8) is 0 Å². The predicted molar refractivity (Wildman–Crippen MR) is 142 cm³/mol. The van der Waals surface area contributed by atoms with Gasteiger partial charge in [0.25, 0.3) is 10.0 Å². The van der Waals surface area contributed by atoms with Crippen LogP contribution < -0.4 is 0 Å². The highest BCUT2D eigenvalue weighted by Gasteiger charge is 2.43. The summed E-state index contributed by atoms with van der Waals surface area (Å²) in [4.78, 5) is 4.46. The van der Waals surface area contributed by atoms with E-state index >= 15 is 0 Å². The zero-order valence-corrected chi connectivity index (χ0v) is 23.1. The molecule has 2 aliphatic rings. The van der Waals surface area contributed by atoms with Gasteiger partial charge in [0, 0.05) is 13.1 Å². The molecule has 196 valence electrons. The van der Waals surface area contributed by atoms with Crippen LogP contribution in [0.2, 0.25) is 0 Å². The summed E-state index contributed by atoms with van der Waals surface area (Å²) in [5.41, 5.74) is 1.95. The lowest BCUT2D eigenvalue weighted by molar-refractivity contribution is 0.205. The van der Waals surface area contributed by atoms with Crippen LogP contribution in [0, 0.1) is 19.8 Å². The Kier molecular flexibility index (Phi) is 7.89. The van der Waals surface area contributed by atoms with Crippen molar-refractivity contribution >= 4 is 25.9 Å². The van der Waals surface area contributed by atoms with Crippen LogP contribution in [0.1, 0.15) is 37.8 Å². The fraction of sp³-hybridized carbons (Fsp3) is 0.500. The molecule has 1 unspecified atom stereocenters. The van der Waals surface area contributed by atoms with Gasteiger partial charge in [-0.25, -0.2) is 8.42 Å². The summed E-state index contributed by atoms with van der Waals surface area (Å²) in [6, 6.07) is 13.5. The molecule has 2 aromatic rings. The van der Waals surface area contributed by atoms with Gasteiger partial charge in [-0.15, -0.1) is 4.40 Å². The van der Waals surface area contributed by atoms with E-state index in [1.807, 2.05) is 32.6 Å². The average molecular weight is 533 g/mol. The Morgan fingerprint density at radius 1 is 0.833 bits per heavy atom. The first kappa shape index (κ1) is 26.8. The van der Waals surface area contributed by atoms with Gasteiger partial charge in [0.15, 0.2) is 0 Å². The maximum atomic E-state index is 13.6. The minimum atomic E-state index is -3.96. The minimum absolute atomic E-state index is 0.0846. The number of benzene rings is 2. The van der Waals surface area contributed by atoms with E-state index in [1.54, 1.807) is 48.5 Å². The summed E-state index contributed by atoms with van der Waals surface area (Å²) in [6.45, 7) is 10.5. The zero-order chi connectivity index (χ0) is 26.1. The Labute approximate surface area is 215 Å². The van der Waals surface area contributed by atoms with E-state index in [1.165, 1.54) is 4.31 Å². The molecule has 10 heteroatoms. The van der Waals surface area contributed by atoms with Crippen molar-refractivity contribution in [3.8, 4) is 0 Å². The molecule has 0 saturated carbocycles. The lowest BCUT2D eigenvalue weighted by atomic mass is 10.1. The lowest BCUT2D eigenvalue weighted by Gasteiger charge is -2.35. The van der Waals surface area contributed by atoms with E-state index < -0.39 is 26.2 Å². The summed E-state index contributed by atoms with van der Waals surface area (Å²) in [5.74, 6) is 0.316. The fourth-order valence-electron chi connectivity index (χ4n) is 4.92. The third kappa shape index (κ3) is 5.66. The third-order valence-electron chi connectivity index (χ3n) is 6.84. The van der Waals surface area contributed by atoms with Gasteiger partial charge in [-0.2, -0.15) is 12.7 Å². The Morgan fingerprint density at radius 3 is 1.89 bits per heavy atom. The topological polar surface area (TPSA) is 90.4 Å². The highest BCUT2D eigenvalue weighted by atomic mass is 32.2. The summed E-state index contributed by atoms with van der Waals surface area (Å²) in [5, 5.41) is 0. The number of rotatable bonds is 7. The van der Waals surface area contributed by atoms with Gasteiger partial charge in [0.05, 0.1) is 22.5 Å². The second-order valence-electron chi connectivity index (χ2n) is 10.1. The van der Waals surface area contributed by atoms with Gasteiger partial charge in [-0.1, -0.05) is 49.2 Å². The molecule has 1 atom stereocenters. The molecule has 8 nitrogen and oxygen atoms in total. The summed E-state index contributed by atoms with van der Waals surface area (Å²) >= 11 is 0. The first-order valence-corrected chi connectivity index (χ1v) is 15.3. The number of hydrogen-bond donors (Lipinski definition) is 0. The number of sulfonamides is 2.